The van der Waals surface area contributed by atoms with Gasteiger partial charge in [0, 0.05) is 18.7 Å². The highest BCUT2D eigenvalue weighted by atomic mass is 16.5. The van der Waals surface area contributed by atoms with Gasteiger partial charge in [-0.15, -0.1) is 0 Å². The first-order chi connectivity index (χ1) is 9.35. The lowest BCUT2D eigenvalue weighted by atomic mass is 10.2. The van der Waals surface area contributed by atoms with E-state index < -0.39 is 0 Å². The molecule has 0 aliphatic heterocycles. The van der Waals surface area contributed by atoms with Crippen molar-refractivity contribution in [3.05, 3.63) is 36.4 Å². The molecule has 0 atom stereocenters. The number of aromatic nitrogens is 2. The molecule has 1 saturated carbocycles. The van der Waals surface area contributed by atoms with Gasteiger partial charge in [-0.2, -0.15) is 4.98 Å². The Kier molecular flexibility index (Phi) is 3.31. The van der Waals surface area contributed by atoms with E-state index in [2.05, 4.69) is 15.3 Å². The molecule has 1 fully saturated rings. The Hall–Kier alpha value is -2.10. The summed E-state index contributed by atoms with van der Waals surface area (Å²) in [6.07, 6.45) is 2.55. The molecule has 0 amide bonds. The highest BCUT2D eigenvalue weighted by Gasteiger charge is 2.22. The average molecular weight is 255 g/mol. The van der Waals surface area contributed by atoms with Crippen molar-refractivity contribution in [2.75, 3.05) is 19.0 Å². The van der Waals surface area contributed by atoms with Gasteiger partial charge < -0.3 is 10.1 Å². The van der Waals surface area contributed by atoms with Gasteiger partial charge in [-0.1, -0.05) is 30.3 Å². The van der Waals surface area contributed by atoms with Crippen molar-refractivity contribution in [2.24, 2.45) is 5.92 Å². The fourth-order valence-corrected chi connectivity index (χ4v) is 1.83. The number of benzene rings is 1. The zero-order valence-corrected chi connectivity index (χ0v) is 11.0. The second-order valence-corrected chi connectivity index (χ2v) is 4.79. The summed E-state index contributed by atoms with van der Waals surface area (Å²) in [5.74, 6) is 2.83. The molecular weight excluding hydrogens is 238 g/mol. The van der Waals surface area contributed by atoms with E-state index in [-0.39, 0.29) is 0 Å². The largest absolute Gasteiger partial charge is 0.477 e. The van der Waals surface area contributed by atoms with Gasteiger partial charge in [-0.3, -0.25) is 0 Å². The number of anilines is 1. The predicted octanol–water partition coefficient (Wildman–Crippen LogP) is 2.97. The van der Waals surface area contributed by atoms with Crippen molar-refractivity contribution < 1.29 is 4.74 Å². The van der Waals surface area contributed by atoms with E-state index in [1.54, 1.807) is 0 Å². The zero-order valence-electron chi connectivity index (χ0n) is 11.0. The molecule has 3 rings (SSSR count). The summed E-state index contributed by atoms with van der Waals surface area (Å²) >= 11 is 0. The lowest BCUT2D eigenvalue weighted by molar-refractivity contribution is 0.288. The van der Waals surface area contributed by atoms with Gasteiger partial charge in [-0.25, -0.2) is 4.98 Å². The minimum atomic E-state index is 0.644. The summed E-state index contributed by atoms with van der Waals surface area (Å²) in [6.45, 7) is 0.758. The number of hydrogen-bond donors (Lipinski definition) is 1. The second kappa shape index (κ2) is 5.26. The van der Waals surface area contributed by atoms with Crippen LogP contribution < -0.4 is 10.1 Å². The van der Waals surface area contributed by atoms with E-state index in [0.717, 1.165) is 18.0 Å². The highest BCUT2D eigenvalue weighted by Crippen LogP contribution is 2.30. The molecule has 1 aliphatic rings. The lowest BCUT2D eigenvalue weighted by Crippen LogP contribution is -2.04. The zero-order chi connectivity index (χ0) is 13.1. The van der Waals surface area contributed by atoms with Crippen LogP contribution in [0.15, 0.2) is 36.4 Å². The standard InChI is InChI=1S/C15H17N3O/c1-16-13-9-14(19-10-11-7-8-11)18-15(17-13)12-5-3-2-4-6-12/h2-6,9,11H,7-8,10H2,1H3,(H,16,17,18). The van der Waals surface area contributed by atoms with Gasteiger partial charge in [0.15, 0.2) is 5.82 Å². The molecule has 0 saturated heterocycles. The van der Waals surface area contributed by atoms with E-state index in [1.165, 1.54) is 12.8 Å². The maximum atomic E-state index is 5.74. The molecule has 1 N–H and O–H groups in total. The molecule has 1 aromatic carbocycles. The molecule has 1 aromatic heterocycles. The molecule has 0 radical (unpaired) electrons. The molecule has 1 aliphatic carbocycles. The molecule has 98 valence electrons. The molecule has 4 heteroatoms. The molecule has 2 aromatic rings. The summed E-state index contributed by atoms with van der Waals surface area (Å²) in [5.41, 5.74) is 0.996. The summed E-state index contributed by atoms with van der Waals surface area (Å²) < 4.78 is 5.74. The number of nitrogens with zero attached hydrogens (tertiary/aromatic N) is 2. The van der Waals surface area contributed by atoms with E-state index in [1.807, 2.05) is 43.4 Å². The first-order valence-corrected chi connectivity index (χ1v) is 6.60. The van der Waals surface area contributed by atoms with Crippen molar-refractivity contribution in [3.8, 4) is 17.3 Å². The van der Waals surface area contributed by atoms with E-state index in [0.29, 0.717) is 17.6 Å². The third-order valence-electron chi connectivity index (χ3n) is 3.15. The molecule has 4 nitrogen and oxygen atoms in total. The summed E-state index contributed by atoms with van der Waals surface area (Å²) in [7, 11) is 1.85. The molecular formula is C15H17N3O. The smallest absolute Gasteiger partial charge is 0.219 e. The second-order valence-electron chi connectivity index (χ2n) is 4.79. The van der Waals surface area contributed by atoms with Crippen LogP contribution in [-0.4, -0.2) is 23.6 Å². The van der Waals surface area contributed by atoms with Crippen molar-refractivity contribution in [1.82, 2.24) is 9.97 Å². The predicted molar refractivity (Wildman–Crippen MR) is 75.2 cm³/mol. The summed E-state index contributed by atoms with van der Waals surface area (Å²) in [5, 5.41) is 3.05. The fraction of sp³-hybridized carbons (Fsp3) is 0.333. The van der Waals surface area contributed by atoms with Crippen LogP contribution >= 0.6 is 0 Å². The van der Waals surface area contributed by atoms with E-state index >= 15 is 0 Å². The van der Waals surface area contributed by atoms with Crippen LogP contribution in [0.4, 0.5) is 5.82 Å². The van der Waals surface area contributed by atoms with Crippen molar-refractivity contribution in [2.45, 2.75) is 12.8 Å². The van der Waals surface area contributed by atoms with Gasteiger partial charge in [-0.05, 0) is 18.8 Å². The third kappa shape index (κ3) is 3.02. The Morgan fingerprint density at radius 1 is 1.21 bits per heavy atom. The monoisotopic (exact) mass is 255 g/mol. The minimum absolute atomic E-state index is 0.644. The fourth-order valence-electron chi connectivity index (χ4n) is 1.83. The quantitative estimate of drug-likeness (QED) is 0.892. The van der Waals surface area contributed by atoms with Crippen molar-refractivity contribution in [3.63, 3.8) is 0 Å². The van der Waals surface area contributed by atoms with E-state index in [9.17, 15) is 0 Å². The van der Waals surface area contributed by atoms with Crippen LogP contribution in [0.1, 0.15) is 12.8 Å². The van der Waals surface area contributed by atoms with Crippen LogP contribution in [0.3, 0.4) is 0 Å². The Morgan fingerprint density at radius 2 is 2.00 bits per heavy atom. The van der Waals surface area contributed by atoms with Gasteiger partial charge in [0.25, 0.3) is 0 Å². The van der Waals surface area contributed by atoms with Crippen LogP contribution in [0, 0.1) is 5.92 Å². The summed E-state index contributed by atoms with van der Waals surface area (Å²) in [6, 6.07) is 11.8. The van der Waals surface area contributed by atoms with Gasteiger partial charge in [0.1, 0.15) is 5.82 Å². The molecule has 0 unspecified atom stereocenters. The number of hydrogen-bond acceptors (Lipinski definition) is 4. The topological polar surface area (TPSA) is 47.0 Å². The summed E-state index contributed by atoms with van der Waals surface area (Å²) in [4.78, 5) is 8.94. The number of ether oxygens (including phenoxy) is 1. The van der Waals surface area contributed by atoms with Crippen LogP contribution in [0.5, 0.6) is 5.88 Å². The first-order valence-electron chi connectivity index (χ1n) is 6.60. The maximum Gasteiger partial charge on any atom is 0.219 e. The van der Waals surface area contributed by atoms with Crippen molar-refractivity contribution >= 4 is 5.82 Å². The van der Waals surface area contributed by atoms with Gasteiger partial charge in [0.05, 0.1) is 6.61 Å². The van der Waals surface area contributed by atoms with Crippen LogP contribution in [-0.2, 0) is 0 Å². The third-order valence-corrected chi connectivity index (χ3v) is 3.15. The average Bonchev–Trinajstić information content (AvgIpc) is 3.30. The maximum absolute atomic E-state index is 5.74. The first kappa shape index (κ1) is 12.0. The lowest BCUT2D eigenvalue weighted by Gasteiger charge is -2.09. The SMILES string of the molecule is CNc1cc(OCC2CC2)nc(-c2ccccc2)n1. The Morgan fingerprint density at radius 3 is 2.68 bits per heavy atom. The normalized spacial score (nSPS) is 14.2. The van der Waals surface area contributed by atoms with Crippen molar-refractivity contribution in [1.29, 1.82) is 0 Å². The van der Waals surface area contributed by atoms with E-state index in [4.69, 9.17) is 4.74 Å². The highest BCUT2D eigenvalue weighted by molar-refractivity contribution is 5.58. The van der Waals surface area contributed by atoms with Gasteiger partial charge >= 0.3 is 0 Å². The Balaban J connectivity index is 1.87. The Labute approximate surface area is 112 Å². The molecule has 0 bridgehead atoms. The molecule has 1 heterocycles. The number of nitrogens with one attached hydrogen (secondary N) is 1. The minimum Gasteiger partial charge on any atom is -0.477 e. The van der Waals surface area contributed by atoms with Gasteiger partial charge in [0.2, 0.25) is 5.88 Å². The Bertz CT molecular complexity index is 553. The van der Waals surface area contributed by atoms with Crippen LogP contribution in [0.25, 0.3) is 11.4 Å². The number of rotatable bonds is 5. The molecule has 0 spiro atoms. The molecule has 19 heavy (non-hydrogen) atoms. The van der Waals surface area contributed by atoms with Crippen LogP contribution in [0.2, 0.25) is 0 Å².